The molecule has 2 aromatic carbocycles. The maximum Gasteiger partial charge on any atom is 0.223 e. The highest BCUT2D eigenvalue weighted by atomic mass is 16.5. The van der Waals surface area contributed by atoms with Crippen LogP contribution in [-0.2, 0) is 10.2 Å². The van der Waals surface area contributed by atoms with Gasteiger partial charge >= 0.3 is 0 Å². The Labute approximate surface area is 179 Å². The monoisotopic (exact) mass is 404 g/mol. The second kappa shape index (κ2) is 7.82. The van der Waals surface area contributed by atoms with E-state index in [0.717, 1.165) is 24.2 Å². The number of unbranched alkanes of at least 4 members (excludes halogenated alkanes) is 1. The third-order valence-corrected chi connectivity index (χ3v) is 6.57. The summed E-state index contributed by atoms with van der Waals surface area (Å²) in [5, 5.41) is 3.35. The number of ether oxygens (including phenoxy) is 1. The van der Waals surface area contributed by atoms with Crippen LogP contribution in [0.1, 0.15) is 56.7 Å². The van der Waals surface area contributed by atoms with Gasteiger partial charge in [-0.15, -0.1) is 0 Å². The molecule has 2 aromatic rings. The summed E-state index contributed by atoms with van der Waals surface area (Å²) < 4.78 is 6.02. The lowest BCUT2D eigenvalue weighted by Gasteiger charge is -2.49. The van der Waals surface area contributed by atoms with Crippen molar-refractivity contribution in [3.05, 3.63) is 65.2 Å². The molecule has 0 spiro atoms. The van der Waals surface area contributed by atoms with Gasteiger partial charge in [-0.05, 0) is 37.1 Å². The van der Waals surface area contributed by atoms with Gasteiger partial charge in [0.15, 0.2) is 0 Å². The third-order valence-electron chi connectivity index (χ3n) is 6.57. The van der Waals surface area contributed by atoms with Gasteiger partial charge in [-0.1, -0.05) is 69.2 Å². The maximum absolute atomic E-state index is 12.6. The normalized spacial score (nSPS) is 22.0. The van der Waals surface area contributed by atoms with Crippen LogP contribution in [0, 0.1) is 6.92 Å². The van der Waals surface area contributed by atoms with Crippen molar-refractivity contribution in [2.75, 3.05) is 18.1 Å². The molecule has 4 heteroatoms. The van der Waals surface area contributed by atoms with Crippen LogP contribution in [0.15, 0.2) is 48.5 Å². The summed E-state index contributed by atoms with van der Waals surface area (Å²) in [6, 6.07) is 14.7. The van der Waals surface area contributed by atoms with Crippen LogP contribution in [0.25, 0.3) is 6.08 Å². The molecule has 0 radical (unpaired) electrons. The van der Waals surface area contributed by atoms with Crippen molar-refractivity contribution < 1.29 is 9.53 Å². The molecular weight excluding hydrogens is 372 g/mol. The molecule has 0 saturated carbocycles. The number of hydrogen-bond acceptors (Lipinski definition) is 3. The highest BCUT2D eigenvalue weighted by molar-refractivity contribution is 5.85. The Balaban J connectivity index is 1.76. The quantitative estimate of drug-likeness (QED) is 0.673. The Kier molecular flexibility index (Phi) is 5.35. The van der Waals surface area contributed by atoms with E-state index >= 15 is 0 Å². The summed E-state index contributed by atoms with van der Waals surface area (Å²) in [6.07, 6.45) is 6.93. The summed E-state index contributed by atoms with van der Waals surface area (Å²) in [5.41, 5.74) is 3.88. The molecule has 1 fully saturated rings. The fourth-order valence-corrected chi connectivity index (χ4v) is 4.75. The highest BCUT2D eigenvalue weighted by Gasteiger charge is 2.57. The van der Waals surface area contributed by atoms with E-state index in [1.165, 1.54) is 16.8 Å². The van der Waals surface area contributed by atoms with E-state index in [-0.39, 0.29) is 11.3 Å². The van der Waals surface area contributed by atoms with E-state index in [9.17, 15) is 4.79 Å². The van der Waals surface area contributed by atoms with Crippen LogP contribution in [0.5, 0.6) is 5.75 Å². The van der Waals surface area contributed by atoms with E-state index < -0.39 is 5.66 Å². The lowest BCUT2D eigenvalue weighted by Crippen LogP contribution is -2.68. The molecular formula is C26H32N2O2. The summed E-state index contributed by atoms with van der Waals surface area (Å²) in [4.78, 5) is 14.9. The standard InChI is InChI=1S/C26H32N2O2/c1-5-6-17-30-23-10-8-7-9-20(23)13-15-26-25(3,4)21-18-19(2)11-12-22(21)28(26)16-14-24(29)27-26/h7-13,15,18H,5-6,14,16-17H2,1-4H3,(H,27,29)/t26-/m1/s1. The molecule has 2 aliphatic heterocycles. The molecule has 4 nitrogen and oxygen atoms in total. The number of para-hydroxylation sites is 1. The van der Waals surface area contributed by atoms with Gasteiger partial charge < -0.3 is 15.0 Å². The van der Waals surface area contributed by atoms with Crippen molar-refractivity contribution in [1.29, 1.82) is 0 Å². The van der Waals surface area contributed by atoms with E-state index in [0.29, 0.717) is 19.6 Å². The number of carbonyl (C=O) groups excluding carboxylic acids is 1. The Morgan fingerprint density at radius 3 is 2.80 bits per heavy atom. The molecule has 2 heterocycles. The average Bonchev–Trinajstić information content (AvgIpc) is 2.91. The summed E-state index contributed by atoms with van der Waals surface area (Å²) in [7, 11) is 0. The molecule has 4 rings (SSSR count). The SMILES string of the molecule is CCCCOc1ccccc1C=C[C@@]12NC(=O)CCN1c1ccc(C)cc1C2(C)C. The number of nitrogens with zero attached hydrogens (tertiary/aromatic N) is 1. The van der Waals surface area contributed by atoms with Gasteiger partial charge in [0.1, 0.15) is 11.4 Å². The van der Waals surface area contributed by atoms with Crippen molar-refractivity contribution in [2.24, 2.45) is 0 Å². The van der Waals surface area contributed by atoms with Gasteiger partial charge in [-0.25, -0.2) is 0 Å². The molecule has 30 heavy (non-hydrogen) atoms. The van der Waals surface area contributed by atoms with Crippen LogP contribution >= 0.6 is 0 Å². The van der Waals surface area contributed by atoms with Gasteiger partial charge in [0, 0.05) is 29.6 Å². The second-order valence-corrected chi connectivity index (χ2v) is 8.93. The minimum Gasteiger partial charge on any atom is -0.493 e. The molecule has 1 atom stereocenters. The minimum absolute atomic E-state index is 0.0981. The van der Waals surface area contributed by atoms with Crippen molar-refractivity contribution >= 4 is 17.7 Å². The van der Waals surface area contributed by atoms with Crippen LogP contribution in [0.2, 0.25) is 0 Å². The van der Waals surface area contributed by atoms with Gasteiger partial charge in [0.25, 0.3) is 0 Å². The summed E-state index contributed by atoms with van der Waals surface area (Å²) in [5.74, 6) is 0.984. The zero-order valence-corrected chi connectivity index (χ0v) is 18.5. The summed E-state index contributed by atoms with van der Waals surface area (Å²) in [6.45, 7) is 10.2. The first-order chi connectivity index (χ1) is 14.4. The van der Waals surface area contributed by atoms with Crippen LogP contribution in [0.4, 0.5) is 5.69 Å². The van der Waals surface area contributed by atoms with Gasteiger partial charge in [-0.2, -0.15) is 0 Å². The number of nitrogens with one attached hydrogen (secondary N) is 1. The largest absolute Gasteiger partial charge is 0.493 e. The molecule has 158 valence electrons. The van der Waals surface area contributed by atoms with E-state index in [2.05, 4.69) is 74.3 Å². The lowest BCUT2D eigenvalue weighted by atomic mass is 9.74. The van der Waals surface area contributed by atoms with Crippen LogP contribution < -0.4 is 15.0 Å². The van der Waals surface area contributed by atoms with Crippen molar-refractivity contribution in [3.63, 3.8) is 0 Å². The van der Waals surface area contributed by atoms with Gasteiger partial charge in [-0.3, -0.25) is 4.79 Å². The molecule has 0 aromatic heterocycles. The number of amides is 1. The van der Waals surface area contributed by atoms with Crippen LogP contribution in [0.3, 0.4) is 0 Å². The first-order valence-electron chi connectivity index (χ1n) is 11.0. The fourth-order valence-electron chi connectivity index (χ4n) is 4.75. The third kappa shape index (κ3) is 3.28. The van der Waals surface area contributed by atoms with E-state index in [1.54, 1.807) is 0 Å². The first kappa shape index (κ1) is 20.5. The molecule has 0 bridgehead atoms. The first-order valence-corrected chi connectivity index (χ1v) is 11.0. The molecule has 0 unspecified atom stereocenters. The molecule has 1 N–H and O–H groups in total. The molecule has 2 aliphatic rings. The topological polar surface area (TPSA) is 41.6 Å². The predicted octanol–water partition coefficient (Wildman–Crippen LogP) is 5.20. The van der Waals surface area contributed by atoms with E-state index in [4.69, 9.17) is 4.74 Å². The minimum atomic E-state index is -0.602. The smallest absolute Gasteiger partial charge is 0.223 e. The number of benzene rings is 2. The zero-order valence-electron chi connectivity index (χ0n) is 18.5. The van der Waals surface area contributed by atoms with Gasteiger partial charge in [0.2, 0.25) is 5.91 Å². The Bertz CT molecular complexity index is 979. The molecule has 1 saturated heterocycles. The Morgan fingerprint density at radius 1 is 1.20 bits per heavy atom. The summed E-state index contributed by atoms with van der Waals surface area (Å²) >= 11 is 0. The maximum atomic E-state index is 12.6. The van der Waals surface area contributed by atoms with Crippen LogP contribution in [-0.4, -0.2) is 24.7 Å². The number of fused-ring (bicyclic) bond motifs is 3. The fraction of sp³-hybridized carbons (Fsp3) is 0.423. The predicted molar refractivity (Wildman–Crippen MR) is 123 cm³/mol. The van der Waals surface area contributed by atoms with Crippen molar-refractivity contribution in [3.8, 4) is 5.75 Å². The number of rotatable bonds is 6. The number of anilines is 1. The second-order valence-electron chi connectivity index (χ2n) is 8.93. The zero-order chi connectivity index (χ0) is 21.4. The average molecular weight is 405 g/mol. The Hall–Kier alpha value is -2.75. The number of carbonyl (C=O) groups is 1. The number of hydrogen-bond donors (Lipinski definition) is 1. The van der Waals surface area contributed by atoms with Crippen molar-refractivity contribution in [2.45, 2.75) is 58.0 Å². The van der Waals surface area contributed by atoms with Crippen molar-refractivity contribution in [1.82, 2.24) is 5.32 Å². The van der Waals surface area contributed by atoms with Gasteiger partial charge in [0.05, 0.1) is 6.61 Å². The molecule has 0 aliphatic carbocycles. The highest BCUT2D eigenvalue weighted by Crippen LogP contribution is 2.52. The Morgan fingerprint density at radius 2 is 2.00 bits per heavy atom. The lowest BCUT2D eigenvalue weighted by molar-refractivity contribution is -0.124. The number of aryl methyl sites for hydroxylation is 1. The molecule has 1 amide bonds. The van der Waals surface area contributed by atoms with E-state index in [1.807, 2.05) is 18.2 Å².